The van der Waals surface area contributed by atoms with Crippen LogP contribution in [0, 0.1) is 5.92 Å². The Balaban J connectivity index is 1.46. The minimum absolute atomic E-state index is 0.0514. The summed E-state index contributed by atoms with van der Waals surface area (Å²) < 4.78 is 5.40. The minimum Gasteiger partial charge on any atom is -0.481 e. The van der Waals surface area contributed by atoms with Crippen molar-refractivity contribution in [2.24, 2.45) is 5.92 Å². The molecule has 2 fully saturated rings. The second kappa shape index (κ2) is 7.66. The fourth-order valence-corrected chi connectivity index (χ4v) is 3.47. The second-order valence-corrected chi connectivity index (χ2v) is 6.67. The molecule has 2 aliphatic rings. The number of hydrogen-bond acceptors (Lipinski definition) is 3. The fraction of sp³-hybridized carbons (Fsp3) is 0.556. The van der Waals surface area contributed by atoms with Gasteiger partial charge in [-0.05, 0) is 49.8 Å². The Kier molecular flexibility index (Phi) is 5.35. The molecular weight excluding hydrogens is 308 g/mol. The molecule has 1 saturated carbocycles. The molecular formula is C18H24N2O4. The first-order chi connectivity index (χ1) is 11.6. The number of hydrogen-bond donors (Lipinski definition) is 3. The lowest BCUT2D eigenvalue weighted by molar-refractivity contribution is -0.142. The molecule has 0 radical (unpaired) electrons. The number of ether oxygens (including phenoxy) is 1. The van der Waals surface area contributed by atoms with E-state index < -0.39 is 5.97 Å². The highest BCUT2D eigenvalue weighted by Crippen LogP contribution is 2.26. The molecule has 1 aliphatic heterocycles. The lowest BCUT2D eigenvalue weighted by Gasteiger charge is -2.26. The number of amides is 2. The Bertz CT molecular complexity index is 573. The summed E-state index contributed by atoms with van der Waals surface area (Å²) in [5.74, 6) is -0.541. The Hall–Kier alpha value is -2.08. The summed E-state index contributed by atoms with van der Waals surface area (Å²) in [6, 6.07) is 7.71. The van der Waals surface area contributed by atoms with Crippen molar-refractivity contribution >= 4 is 17.7 Å². The summed E-state index contributed by atoms with van der Waals surface area (Å²) >= 11 is 0. The van der Waals surface area contributed by atoms with E-state index in [1.165, 1.54) is 5.56 Å². The highest BCUT2D eigenvalue weighted by molar-refractivity contribution is 5.89. The van der Waals surface area contributed by atoms with E-state index in [4.69, 9.17) is 9.84 Å². The summed E-state index contributed by atoms with van der Waals surface area (Å²) in [5, 5.41) is 14.8. The molecule has 1 heterocycles. The zero-order chi connectivity index (χ0) is 16.9. The number of carboxylic acid groups (broad SMARTS) is 1. The van der Waals surface area contributed by atoms with Crippen LogP contribution in [0.2, 0.25) is 0 Å². The van der Waals surface area contributed by atoms with Gasteiger partial charge in [-0.3, -0.25) is 4.79 Å². The maximum absolute atomic E-state index is 12.1. The monoisotopic (exact) mass is 332 g/mol. The van der Waals surface area contributed by atoms with Crippen LogP contribution in [0.1, 0.15) is 43.6 Å². The van der Waals surface area contributed by atoms with Crippen molar-refractivity contribution in [3.63, 3.8) is 0 Å². The van der Waals surface area contributed by atoms with Crippen LogP contribution in [0.25, 0.3) is 0 Å². The van der Waals surface area contributed by atoms with Crippen molar-refractivity contribution in [1.82, 2.24) is 5.32 Å². The molecule has 2 amide bonds. The first-order valence-electron chi connectivity index (χ1n) is 8.60. The van der Waals surface area contributed by atoms with Crippen molar-refractivity contribution in [1.29, 1.82) is 0 Å². The number of anilines is 1. The fourth-order valence-electron chi connectivity index (χ4n) is 3.47. The number of carbonyl (C=O) groups excluding carboxylic acids is 1. The number of carbonyl (C=O) groups is 2. The van der Waals surface area contributed by atoms with E-state index in [-0.39, 0.29) is 18.0 Å². The molecule has 1 aromatic carbocycles. The molecule has 0 aromatic heterocycles. The van der Waals surface area contributed by atoms with Gasteiger partial charge in [0.05, 0.1) is 12.5 Å². The second-order valence-electron chi connectivity index (χ2n) is 6.67. The van der Waals surface area contributed by atoms with Gasteiger partial charge in [0.25, 0.3) is 0 Å². The first kappa shape index (κ1) is 16.8. The van der Waals surface area contributed by atoms with E-state index in [1.54, 1.807) is 0 Å². The van der Waals surface area contributed by atoms with Crippen LogP contribution in [0.5, 0.6) is 0 Å². The lowest BCUT2D eigenvalue weighted by Crippen LogP contribution is -2.40. The van der Waals surface area contributed by atoms with Crippen LogP contribution in [-0.4, -0.2) is 36.4 Å². The maximum Gasteiger partial charge on any atom is 0.319 e. The average Bonchev–Trinajstić information content (AvgIpc) is 3.10. The molecule has 1 saturated heterocycles. The predicted octanol–water partition coefficient (Wildman–Crippen LogP) is 2.96. The highest BCUT2D eigenvalue weighted by atomic mass is 16.5. The molecule has 6 heteroatoms. The first-order valence-corrected chi connectivity index (χ1v) is 8.60. The van der Waals surface area contributed by atoms with Crippen molar-refractivity contribution < 1.29 is 19.4 Å². The van der Waals surface area contributed by atoms with Gasteiger partial charge in [-0.25, -0.2) is 4.79 Å². The van der Waals surface area contributed by atoms with Crippen molar-refractivity contribution in [2.45, 2.75) is 44.1 Å². The van der Waals surface area contributed by atoms with E-state index in [0.29, 0.717) is 31.6 Å². The molecule has 1 unspecified atom stereocenters. The van der Waals surface area contributed by atoms with Crippen molar-refractivity contribution in [3.05, 3.63) is 29.8 Å². The summed E-state index contributed by atoms with van der Waals surface area (Å²) in [6.07, 6.45) is 3.72. The standard InChI is InChI=1S/C18H24N2O4/c21-17(22)13-3-7-16(8-4-13)20-18(23)19-15-5-1-12(2-6-15)14-9-10-24-11-14/h1-2,5-6,13-14,16H,3-4,7-11H2,(H,21,22)(H2,19,20,23). The number of rotatable bonds is 4. The summed E-state index contributed by atoms with van der Waals surface area (Å²) in [4.78, 5) is 23.0. The third-order valence-corrected chi connectivity index (χ3v) is 4.98. The van der Waals surface area contributed by atoms with Crippen molar-refractivity contribution in [3.8, 4) is 0 Å². The normalized spacial score (nSPS) is 26.8. The van der Waals surface area contributed by atoms with E-state index in [0.717, 1.165) is 25.3 Å². The van der Waals surface area contributed by atoms with E-state index >= 15 is 0 Å². The van der Waals surface area contributed by atoms with Gasteiger partial charge in [-0.2, -0.15) is 0 Å². The molecule has 6 nitrogen and oxygen atoms in total. The smallest absolute Gasteiger partial charge is 0.319 e. The Morgan fingerprint density at radius 3 is 2.33 bits per heavy atom. The molecule has 3 rings (SSSR count). The Morgan fingerprint density at radius 2 is 1.75 bits per heavy atom. The van der Waals surface area contributed by atoms with Crippen LogP contribution in [-0.2, 0) is 9.53 Å². The summed E-state index contributed by atoms with van der Waals surface area (Å²) in [7, 11) is 0. The average molecular weight is 332 g/mol. The summed E-state index contributed by atoms with van der Waals surface area (Å²) in [6.45, 7) is 1.59. The molecule has 1 atom stereocenters. The quantitative estimate of drug-likeness (QED) is 0.791. The largest absolute Gasteiger partial charge is 0.481 e. The SMILES string of the molecule is O=C(Nc1ccc(C2CCOC2)cc1)NC1CCC(C(=O)O)CC1. The lowest BCUT2D eigenvalue weighted by atomic mass is 9.86. The van der Waals surface area contributed by atoms with Crippen LogP contribution in [0.4, 0.5) is 10.5 Å². The van der Waals surface area contributed by atoms with Gasteiger partial charge in [0.2, 0.25) is 0 Å². The van der Waals surface area contributed by atoms with Crippen LogP contribution in [0.3, 0.4) is 0 Å². The number of benzene rings is 1. The maximum atomic E-state index is 12.1. The van der Waals surface area contributed by atoms with E-state index in [9.17, 15) is 9.59 Å². The molecule has 130 valence electrons. The molecule has 1 aromatic rings. The third-order valence-electron chi connectivity index (χ3n) is 4.98. The number of nitrogens with one attached hydrogen (secondary N) is 2. The van der Waals surface area contributed by atoms with Gasteiger partial charge in [0.15, 0.2) is 0 Å². The zero-order valence-corrected chi connectivity index (χ0v) is 13.7. The molecule has 1 aliphatic carbocycles. The van der Waals surface area contributed by atoms with Gasteiger partial charge >= 0.3 is 12.0 Å². The zero-order valence-electron chi connectivity index (χ0n) is 13.7. The Labute approximate surface area is 141 Å². The van der Waals surface area contributed by atoms with E-state index in [2.05, 4.69) is 10.6 Å². The van der Waals surface area contributed by atoms with Gasteiger partial charge in [0, 0.05) is 24.3 Å². The molecule has 24 heavy (non-hydrogen) atoms. The van der Waals surface area contributed by atoms with Gasteiger partial charge < -0.3 is 20.5 Å². The number of aliphatic carboxylic acids is 1. The Morgan fingerprint density at radius 1 is 1.04 bits per heavy atom. The topological polar surface area (TPSA) is 87.7 Å². The van der Waals surface area contributed by atoms with Crippen LogP contribution < -0.4 is 10.6 Å². The number of carboxylic acids is 1. The highest BCUT2D eigenvalue weighted by Gasteiger charge is 2.26. The predicted molar refractivity (Wildman–Crippen MR) is 90.2 cm³/mol. The van der Waals surface area contributed by atoms with Gasteiger partial charge in [-0.15, -0.1) is 0 Å². The minimum atomic E-state index is -0.731. The third kappa shape index (κ3) is 4.26. The molecule has 0 spiro atoms. The van der Waals surface area contributed by atoms with Crippen molar-refractivity contribution in [2.75, 3.05) is 18.5 Å². The molecule has 0 bridgehead atoms. The molecule has 3 N–H and O–H groups in total. The van der Waals surface area contributed by atoms with Crippen LogP contribution >= 0.6 is 0 Å². The number of urea groups is 1. The van der Waals surface area contributed by atoms with Gasteiger partial charge in [-0.1, -0.05) is 12.1 Å². The van der Waals surface area contributed by atoms with Crippen LogP contribution in [0.15, 0.2) is 24.3 Å². The van der Waals surface area contributed by atoms with Gasteiger partial charge in [0.1, 0.15) is 0 Å². The van der Waals surface area contributed by atoms with E-state index in [1.807, 2.05) is 24.3 Å². The summed E-state index contributed by atoms with van der Waals surface area (Å²) in [5.41, 5.74) is 2.00.